The highest BCUT2D eigenvalue weighted by atomic mass is 19.1. The maximum absolute atomic E-state index is 13.5. The monoisotopic (exact) mass is 354 g/mol. The van der Waals surface area contributed by atoms with Gasteiger partial charge in [0.1, 0.15) is 18.1 Å². The van der Waals surface area contributed by atoms with Crippen LogP contribution in [0.1, 0.15) is 24.6 Å². The van der Waals surface area contributed by atoms with Gasteiger partial charge in [-0.25, -0.2) is 8.91 Å². The zero-order chi connectivity index (χ0) is 18.1. The van der Waals surface area contributed by atoms with Gasteiger partial charge in [-0.1, -0.05) is 23.4 Å². The standard InChI is InChI=1S/C19H19FN4O2/c1-26-12-18(25)23-9-3-6-16(23)19-17-8-7-14(11-24(17)22-21-19)13-4-2-5-15(20)10-13/h2,4-5,7-8,10-11,16H,3,6,9,12H2,1H3/t16-/m1/s1. The van der Waals surface area contributed by atoms with Crippen LogP contribution in [-0.2, 0) is 9.53 Å². The lowest BCUT2D eigenvalue weighted by atomic mass is 10.1. The first kappa shape index (κ1) is 16.7. The van der Waals surface area contributed by atoms with Crippen molar-refractivity contribution < 1.29 is 13.9 Å². The predicted octanol–water partition coefficient (Wildman–Crippen LogP) is 2.85. The molecule has 1 atom stereocenters. The minimum Gasteiger partial charge on any atom is -0.375 e. The number of aromatic nitrogens is 3. The van der Waals surface area contributed by atoms with Crippen molar-refractivity contribution in [3.05, 3.63) is 54.1 Å². The third-order valence-corrected chi connectivity index (χ3v) is 4.75. The van der Waals surface area contributed by atoms with Crippen LogP contribution < -0.4 is 0 Å². The predicted molar refractivity (Wildman–Crippen MR) is 93.9 cm³/mol. The van der Waals surface area contributed by atoms with Crippen LogP contribution in [0, 0.1) is 5.82 Å². The quantitative estimate of drug-likeness (QED) is 0.723. The molecule has 1 aliphatic heterocycles. The molecule has 1 aliphatic rings. The van der Waals surface area contributed by atoms with Gasteiger partial charge in [0.15, 0.2) is 0 Å². The first-order chi connectivity index (χ1) is 12.7. The summed E-state index contributed by atoms with van der Waals surface area (Å²) in [6.45, 7) is 0.771. The summed E-state index contributed by atoms with van der Waals surface area (Å²) in [4.78, 5) is 14.1. The maximum atomic E-state index is 13.5. The van der Waals surface area contributed by atoms with E-state index in [2.05, 4.69) is 10.3 Å². The first-order valence-electron chi connectivity index (χ1n) is 8.56. The summed E-state index contributed by atoms with van der Waals surface area (Å²) in [6, 6.07) is 10.2. The SMILES string of the molecule is COCC(=O)N1CCC[C@@H]1c1nnn2cc(-c3cccc(F)c3)ccc12. The Kier molecular flexibility index (Phi) is 4.38. The van der Waals surface area contributed by atoms with Gasteiger partial charge in [0.05, 0.1) is 11.6 Å². The molecule has 0 N–H and O–H groups in total. The van der Waals surface area contributed by atoms with E-state index >= 15 is 0 Å². The Morgan fingerprint density at radius 2 is 2.19 bits per heavy atom. The van der Waals surface area contributed by atoms with Gasteiger partial charge in [-0.3, -0.25) is 4.79 Å². The van der Waals surface area contributed by atoms with Gasteiger partial charge in [-0.05, 0) is 36.6 Å². The van der Waals surface area contributed by atoms with Crippen LogP contribution in [0.25, 0.3) is 16.6 Å². The molecule has 26 heavy (non-hydrogen) atoms. The van der Waals surface area contributed by atoms with E-state index in [0.29, 0.717) is 6.54 Å². The highest BCUT2D eigenvalue weighted by Gasteiger charge is 2.32. The number of likely N-dealkylation sites (tertiary alicyclic amines) is 1. The molecular formula is C19H19FN4O2. The second-order valence-electron chi connectivity index (χ2n) is 6.41. The maximum Gasteiger partial charge on any atom is 0.249 e. The third kappa shape index (κ3) is 2.94. The van der Waals surface area contributed by atoms with Crippen molar-refractivity contribution in [2.75, 3.05) is 20.3 Å². The van der Waals surface area contributed by atoms with Crippen molar-refractivity contribution in [1.29, 1.82) is 0 Å². The van der Waals surface area contributed by atoms with Crippen LogP contribution >= 0.6 is 0 Å². The number of rotatable bonds is 4. The van der Waals surface area contributed by atoms with Crippen molar-refractivity contribution in [3.63, 3.8) is 0 Å². The average molecular weight is 354 g/mol. The lowest BCUT2D eigenvalue weighted by Gasteiger charge is -2.23. The lowest BCUT2D eigenvalue weighted by Crippen LogP contribution is -2.33. The van der Waals surface area contributed by atoms with Crippen molar-refractivity contribution >= 4 is 11.4 Å². The fraction of sp³-hybridized carbons (Fsp3) is 0.316. The highest BCUT2D eigenvalue weighted by molar-refractivity contribution is 5.78. The fourth-order valence-corrected chi connectivity index (χ4v) is 3.55. The van der Waals surface area contributed by atoms with E-state index in [1.54, 1.807) is 10.6 Å². The Morgan fingerprint density at radius 1 is 1.31 bits per heavy atom. The highest BCUT2D eigenvalue weighted by Crippen LogP contribution is 2.33. The number of pyridine rings is 1. The summed E-state index contributed by atoms with van der Waals surface area (Å²) in [7, 11) is 1.52. The number of hydrogen-bond donors (Lipinski definition) is 0. The van der Waals surface area contributed by atoms with Gasteiger partial charge in [0.2, 0.25) is 5.91 Å². The Morgan fingerprint density at radius 3 is 3.00 bits per heavy atom. The molecule has 3 aromatic rings. The number of carbonyl (C=O) groups is 1. The van der Waals surface area contributed by atoms with Crippen LogP contribution in [0.15, 0.2) is 42.6 Å². The van der Waals surface area contributed by atoms with Crippen LogP contribution in [0.3, 0.4) is 0 Å². The first-order valence-corrected chi connectivity index (χ1v) is 8.56. The van der Waals surface area contributed by atoms with Crippen molar-refractivity contribution in [2.24, 2.45) is 0 Å². The molecule has 0 aliphatic carbocycles. The van der Waals surface area contributed by atoms with E-state index in [0.717, 1.165) is 35.2 Å². The number of amides is 1. The number of carbonyl (C=O) groups excluding carboxylic acids is 1. The zero-order valence-electron chi connectivity index (χ0n) is 14.4. The van der Waals surface area contributed by atoms with Gasteiger partial charge >= 0.3 is 0 Å². The molecule has 0 bridgehead atoms. The van der Waals surface area contributed by atoms with Gasteiger partial charge < -0.3 is 9.64 Å². The Balaban J connectivity index is 1.68. The molecule has 7 heteroatoms. The molecule has 1 aromatic carbocycles. The number of benzene rings is 1. The summed E-state index contributed by atoms with van der Waals surface area (Å²) >= 11 is 0. The Labute approximate surface area is 150 Å². The third-order valence-electron chi connectivity index (χ3n) is 4.75. The molecule has 2 aromatic heterocycles. The number of hydrogen-bond acceptors (Lipinski definition) is 4. The lowest BCUT2D eigenvalue weighted by molar-refractivity contribution is -0.136. The van der Waals surface area contributed by atoms with Crippen LogP contribution in [0.4, 0.5) is 4.39 Å². The van der Waals surface area contributed by atoms with Gasteiger partial charge in [0, 0.05) is 25.4 Å². The molecule has 0 saturated carbocycles. The molecule has 4 rings (SSSR count). The second kappa shape index (κ2) is 6.84. The van der Waals surface area contributed by atoms with Crippen molar-refractivity contribution in [3.8, 4) is 11.1 Å². The van der Waals surface area contributed by atoms with Crippen LogP contribution in [0.5, 0.6) is 0 Å². The minimum atomic E-state index is -0.278. The van der Waals surface area contributed by atoms with E-state index in [4.69, 9.17) is 4.74 Å². The van der Waals surface area contributed by atoms with E-state index in [9.17, 15) is 9.18 Å². The van der Waals surface area contributed by atoms with E-state index in [1.165, 1.54) is 19.2 Å². The Bertz CT molecular complexity index is 956. The molecule has 134 valence electrons. The smallest absolute Gasteiger partial charge is 0.249 e. The summed E-state index contributed by atoms with van der Waals surface area (Å²) < 4.78 is 20.1. The largest absolute Gasteiger partial charge is 0.375 e. The number of ether oxygens (including phenoxy) is 1. The van der Waals surface area contributed by atoms with Crippen molar-refractivity contribution in [1.82, 2.24) is 19.7 Å². The summed E-state index contributed by atoms with van der Waals surface area (Å²) in [5, 5.41) is 8.54. The Hall–Kier alpha value is -2.80. The van der Waals surface area contributed by atoms with Crippen LogP contribution in [0.2, 0.25) is 0 Å². The molecule has 0 unspecified atom stereocenters. The summed E-state index contributed by atoms with van der Waals surface area (Å²) in [6.07, 6.45) is 3.62. The molecule has 3 heterocycles. The molecule has 0 radical (unpaired) electrons. The molecule has 6 nitrogen and oxygen atoms in total. The summed E-state index contributed by atoms with van der Waals surface area (Å²) in [5.41, 5.74) is 3.28. The number of halogens is 1. The van der Waals surface area contributed by atoms with Gasteiger partial charge in [-0.15, -0.1) is 5.10 Å². The normalized spacial score (nSPS) is 17.2. The summed E-state index contributed by atoms with van der Waals surface area (Å²) in [5.74, 6) is -0.312. The van der Waals surface area contributed by atoms with E-state index in [1.807, 2.05) is 29.3 Å². The minimum absolute atomic E-state index is 0.0347. The van der Waals surface area contributed by atoms with Gasteiger partial charge in [-0.2, -0.15) is 0 Å². The van der Waals surface area contributed by atoms with Crippen LogP contribution in [-0.4, -0.2) is 45.9 Å². The topological polar surface area (TPSA) is 59.7 Å². The van der Waals surface area contributed by atoms with E-state index in [-0.39, 0.29) is 24.4 Å². The fourth-order valence-electron chi connectivity index (χ4n) is 3.55. The number of fused-ring (bicyclic) bond motifs is 1. The number of methoxy groups -OCH3 is 1. The van der Waals surface area contributed by atoms with Gasteiger partial charge in [0.25, 0.3) is 0 Å². The molecule has 1 fully saturated rings. The zero-order valence-corrected chi connectivity index (χ0v) is 14.4. The van der Waals surface area contributed by atoms with Crippen molar-refractivity contribution in [2.45, 2.75) is 18.9 Å². The molecule has 1 saturated heterocycles. The van der Waals surface area contributed by atoms with E-state index < -0.39 is 0 Å². The average Bonchev–Trinajstić information content (AvgIpc) is 3.28. The second-order valence-corrected chi connectivity index (χ2v) is 6.41. The molecule has 1 amide bonds. The molecule has 0 spiro atoms. The number of nitrogens with zero attached hydrogens (tertiary/aromatic N) is 4. The molecular weight excluding hydrogens is 335 g/mol.